The van der Waals surface area contributed by atoms with Crippen LogP contribution in [0.4, 0.5) is 5.69 Å². The first-order valence-electron chi connectivity index (χ1n) is 8.29. The molecule has 122 valence electrons. The van der Waals surface area contributed by atoms with Crippen molar-refractivity contribution in [3.05, 3.63) is 29.8 Å². The van der Waals surface area contributed by atoms with Crippen LogP contribution in [0.3, 0.4) is 0 Å². The van der Waals surface area contributed by atoms with Crippen molar-refractivity contribution < 1.29 is 4.79 Å². The maximum Gasteiger partial charge on any atom is 0.227 e. The van der Waals surface area contributed by atoms with E-state index in [1.165, 1.54) is 44.9 Å². The number of hydrogen-bond donors (Lipinski definition) is 1. The second kappa shape index (κ2) is 7.36. The molecule has 1 aromatic carbocycles. The normalized spacial score (nSPS) is 20.5. The molecular weight excluding hydrogens is 296 g/mol. The van der Waals surface area contributed by atoms with Crippen molar-refractivity contribution in [3.8, 4) is 0 Å². The molecule has 2 fully saturated rings. The first kappa shape index (κ1) is 17.1. The Bertz CT molecular complexity index is 489. The molecular formula is C18H27ClN2O. The molecule has 1 heterocycles. The molecule has 1 amide bonds. The van der Waals surface area contributed by atoms with Crippen LogP contribution >= 0.6 is 12.4 Å². The molecule has 1 aliphatic heterocycles. The minimum Gasteiger partial charge on any atom is -0.399 e. The van der Waals surface area contributed by atoms with Crippen LogP contribution in [0.2, 0.25) is 0 Å². The van der Waals surface area contributed by atoms with Gasteiger partial charge in [-0.1, -0.05) is 31.4 Å². The average molecular weight is 323 g/mol. The van der Waals surface area contributed by atoms with Gasteiger partial charge in [0.05, 0.1) is 6.42 Å². The fourth-order valence-electron chi connectivity index (χ4n) is 4.05. The SMILES string of the molecule is Cl.Nc1ccc(CC(=O)N2CCCC3(CCCCC3)C2)cc1. The largest absolute Gasteiger partial charge is 0.399 e. The molecule has 2 aliphatic rings. The van der Waals surface area contributed by atoms with Gasteiger partial charge in [0.15, 0.2) is 0 Å². The zero-order chi connectivity index (χ0) is 14.7. The van der Waals surface area contributed by atoms with Crippen molar-refractivity contribution >= 4 is 24.0 Å². The van der Waals surface area contributed by atoms with E-state index in [-0.39, 0.29) is 18.3 Å². The number of nitrogens with two attached hydrogens (primary N) is 1. The number of nitrogens with zero attached hydrogens (tertiary/aromatic N) is 1. The minimum atomic E-state index is 0. The third-order valence-electron chi connectivity index (χ3n) is 5.26. The number of benzene rings is 1. The number of rotatable bonds is 2. The van der Waals surface area contributed by atoms with Gasteiger partial charge in [0.25, 0.3) is 0 Å². The number of amides is 1. The van der Waals surface area contributed by atoms with Crippen LogP contribution in [0, 0.1) is 5.41 Å². The maximum atomic E-state index is 12.6. The zero-order valence-corrected chi connectivity index (χ0v) is 14.0. The molecule has 1 saturated heterocycles. The summed E-state index contributed by atoms with van der Waals surface area (Å²) in [5, 5.41) is 0. The molecule has 0 atom stereocenters. The number of nitrogen functional groups attached to an aromatic ring is 1. The second-order valence-electron chi connectivity index (χ2n) is 6.90. The Balaban J connectivity index is 0.00000176. The lowest BCUT2D eigenvalue weighted by Gasteiger charge is -2.45. The van der Waals surface area contributed by atoms with Gasteiger partial charge in [-0.2, -0.15) is 0 Å². The molecule has 1 saturated carbocycles. The van der Waals surface area contributed by atoms with Crippen LogP contribution in [-0.4, -0.2) is 23.9 Å². The van der Waals surface area contributed by atoms with Gasteiger partial charge in [-0.3, -0.25) is 4.79 Å². The second-order valence-corrected chi connectivity index (χ2v) is 6.90. The zero-order valence-electron chi connectivity index (χ0n) is 13.2. The van der Waals surface area contributed by atoms with Gasteiger partial charge in [-0.25, -0.2) is 0 Å². The van der Waals surface area contributed by atoms with Crippen molar-refractivity contribution in [2.45, 2.75) is 51.4 Å². The van der Waals surface area contributed by atoms with Gasteiger partial charge in [0, 0.05) is 18.8 Å². The molecule has 2 N–H and O–H groups in total. The lowest BCUT2D eigenvalue weighted by atomic mass is 9.69. The highest BCUT2D eigenvalue weighted by atomic mass is 35.5. The number of carbonyl (C=O) groups is 1. The molecule has 0 unspecified atom stereocenters. The summed E-state index contributed by atoms with van der Waals surface area (Å²) in [4.78, 5) is 14.7. The maximum absolute atomic E-state index is 12.6. The molecule has 3 rings (SSSR count). The average Bonchev–Trinajstić information content (AvgIpc) is 2.50. The van der Waals surface area contributed by atoms with E-state index in [0.29, 0.717) is 11.8 Å². The van der Waals surface area contributed by atoms with Gasteiger partial charge in [-0.15, -0.1) is 12.4 Å². The summed E-state index contributed by atoms with van der Waals surface area (Å²) in [5.41, 5.74) is 7.96. The lowest BCUT2D eigenvalue weighted by molar-refractivity contribution is -0.134. The van der Waals surface area contributed by atoms with E-state index in [1.54, 1.807) is 0 Å². The van der Waals surface area contributed by atoms with Crippen LogP contribution in [0.15, 0.2) is 24.3 Å². The Kier molecular flexibility index (Phi) is 5.74. The van der Waals surface area contributed by atoms with E-state index < -0.39 is 0 Å². The number of halogens is 1. The predicted molar refractivity (Wildman–Crippen MR) is 93.1 cm³/mol. The quantitative estimate of drug-likeness (QED) is 0.842. The van der Waals surface area contributed by atoms with Crippen molar-refractivity contribution in [2.75, 3.05) is 18.8 Å². The van der Waals surface area contributed by atoms with E-state index in [1.807, 2.05) is 24.3 Å². The van der Waals surface area contributed by atoms with E-state index in [9.17, 15) is 4.79 Å². The highest BCUT2D eigenvalue weighted by Gasteiger charge is 2.37. The van der Waals surface area contributed by atoms with Gasteiger partial charge < -0.3 is 10.6 Å². The monoisotopic (exact) mass is 322 g/mol. The lowest BCUT2D eigenvalue weighted by Crippen LogP contribution is -2.47. The summed E-state index contributed by atoms with van der Waals surface area (Å²) in [6.45, 7) is 1.93. The number of carbonyl (C=O) groups excluding carboxylic acids is 1. The van der Waals surface area contributed by atoms with Gasteiger partial charge in [0.2, 0.25) is 5.91 Å². The van der Waals surface area contributed by atoms with Gasteiger partial charge >= 0.3 is 0 Å². The number of anilines is 1. The first-order valence-corrected chi connectivity index (χ1v) is 8.29. The highest BCUT2D eigenvalue weighted by Crippen LogP contribution is 2.43. The van der Waals surface area contributed by atoms with Gasteiger partial charge in [-0.05, 0) is 48.8 Å². The van der Waals surface area contributed by atoms with Crippen molar-refractivity contribution in [1.29, 1.82) is 0 Å². The smallest absolute Gasteiger partial charge is 0.227 e. The highest BCUT2D eigenvalue weighted by molar-refractivity contribution is 5.85. The van der Waals surface area contributed by atoms with E-state index in [0.717, 1.165) is 24.3 Å². The minimum absolute atomic E-state index is 0. The molecule has 1 aliphatic carbocycles. The van der Waals surface area contributed by atoms with E-state index in [2.05, 4.69) is 4.90 Å². The molecule has 1 aromatic rings. The van der Waals surface area contributed by atoms with Crippen LogP contribution < -0.4 is 5.73 Å². The summed E-state index contributed by atoms with van der Waals surface area (Å²) < 4.78 is 0. The summed E-state index contributed by atoms with van der Waals surface area (Å²) in [6.07, 6.45) is 9.71. The molecule has 0 bridgehead atoms. The third kappa shape index (κ3) is 3.95. The molecule has 3 nitrogen and oxygen atoms in total. The number of hydrogen-bond acceptors (Lipinski definition) is 2. The van der Waals surface area contributed by atoms with Crippen molar-refractivity contribution in [3.63, 3.8) is 0 Å². The number of piperidine rings is 1. The molecule has 0 radical (unpaired) electrons. The topological polar surface area (TPSA) is 46.3 Å². The molecule has 4 heteroatoms. The van der Waals surface area contributed by atoms with Crippen molar-refractivity contribution in [2.24, 2.45) is 5.41 Å². The van der Waals surface area contributed by atoms with Crippen molar-refractivity contribution in [1.82, 2.24) is 4.90 Å². The Morgan fingerprint density at radius 3 is 2.36 bits per heavy atom. The molecule has 1 spiro atoms. The number of likely N-dealkylation sites (tertiary alicyclic amines) is 1. The predicted octanol–water partition coefficient (Wildman–Crippen LogP) is 3.81. The van der Waals surface area contributed by atoms with E-state index >= 15 is 0 Å². The van der Waals surface area contributed by atoms with Crippen LogP contribution in [0.5, 0.6) is 0 Å². The fraction of sp³-hybridized carbons (Fsp3) is 0.611. The summed E-state index contributed by atoms with van der Waals surface area (Å²) >= 11 is 0. The van der Waals surface area contributed by atoms with Crippen LogP contribution in [0.1, 0.15) is 50.5 Å². The Morgan fingerprint density at radius 1 is 1.05 bits per heavy atom. The van der Waals surface area contributed by atoms with Crippen LogP contribution in [-0.2, 0) is 11.2 Å². The Hall–Kier alpha value is -1.22. The molecule has 22 heavy (non-hydrogen) atoms. The third-order valence-corrected chi connectivity index (χ3v) is 5.26. The summed E-state index contributed by atoms with van der Waals surface area (Å²) in [5.74, 6) is 0.282. The van der Waals surface area contributed by atoms with E-state index in [4.69, 9.17) is 5.73 Å². The summed E-state index contributed by atoms with van der Waals surface area (Å²) in [7, 11) is 0. The summed E-state index contributed by atoms with van der Waals surface area (Å²) in [6, 6.07) is 7.68. The molecule has 0 aromatic heterocycles. The Morgan fingerprint density at radius 2 is 1.68 bits per heavy atom. The standard InChI is InChI=1S/C18H26N2O.ClH/c19-16-7-5-15(6-8-16)13-17(21)20-12-4-11-18(14-20)9-2-1-3-10-18;/h5-8H,1-4,9-14,19H2;1H. The Labute approximate surface area is 139 Å². The fourth-order valence-corrected chi connectivity index (χ4v) is 4.05. The van der Waals surface area contributed by atoms with Gasteiger partial charge in [0.1, 0.15) is 0 Å². The first-order chi connectivity index (χ1) is 10.2. The van der Waals surface area contributed by atoms with Crippen LogP contribution in [0.25, 0.3) is 0 Å².